The Bertz CT molecular complexity index is 483. The van der Waals surface area contributed by atoms with Gasteiger partial charge in [-0.3, -0.25) is 0 Å². The first-order valence-electron chi connectivity index (χ1n) is 4.95. The van der Waals surface area contributed by atoms with Crippen molar-refractivity contribution < 1.29 is 9.53 Å². The first-order chi connectivity index (χ1) is 7.80. The Labute approximate surface area is 109 Å². The Morgan fingerprint density at radius 2 is 2.18 bits per heavy atom. The van der Waals surface area contributed by atoms with Gasteiger partial charge < -0.3 is 10.5 Å². The number of carbonyl (C=O) groups is 1. The monoisotopic (exact) mass is 272 g/mol. The van der Waals surface area contributed by atoms with E-state index in [2.05, 4.69) is 0 Å². The summed E-state index contributed by atoms with van der Waals surface area (Å²) in [5, 5.41) is 9.05. The number of thiophene rings is 1. The third-order valence-electron chi connectivity index (χ3n) is 1.80. The minimum absolute atomic E-state index is 0.132. The maximum atomic E-state index is 11.8. The van der Waals surface area contributed by atoms with E-state index in [1.807, 2.05) is 6.07 Å². The molecule has 0 aliphatic carbocycles. The van der Waals surface area contributed by atoms with Gasteiger partial charge in [-0.2, -0.15) is 5.26 Å². The number of hydrogen-bond donors (Lipinski definition) is 1. The Morgan fingerprint density at radius 3 is 2.53 bits per heavy atom. The molecule has 0 unspecified atom stereocenters. The predicted octanol–water partition coefficient (Wildman–Crippen LogP) is 2.69. The van der Waals surface area contributed by atoms with E-state index in [9.17, 15) is 4.79 Å². The third kappa shape index (κ3) is 3.19. The van der Waals surface area contributed by atoms with Gasteiger partial charge in [0.15, 0.2) is 0 Å². The zero-order chi connectivity index (χ0) is 13.2. The fourth-order valence-electron chi connectivity index (χ4n) is 1.17. The van der Waals surface area contributed by atoms with E-state index in [0.29, 0.717) is 4.88 Å². The molecule has 0 aliphatic rings. The van der Waals surface area contributed by atoms with Crippen LogP contribution in [0.3, 0.4) is 0 Å². The number of esters is 1. The molecule has 4 nitrogen and oxygen atoms in total. The summed E-state index contributed by atoms with van der Waals surface area (Å²) in [5.41, 5.74) is 5.15. The van der Waals surface area contributed by atoms with Crippen molar-refractivity contribution in [3.63, 3.8) is 0 Å². The van der Waals surface area contributed by atoms with E-state index in [0.717, 1.165) is 11.3 Å². The normalized spacial score (nSPS) is 11.1. The Balaban J connectivity index is 3.12. The van der Waals surface area contributed by atoms with Gasteiger partial charge >= 0.3 is 5.97 Å². The second-order valence-electron chi connectivity index (χ2n) is 4.36. The minimum Gasteiger partial charge on any atom is -0.456 e. The summed E-state index contributed by atoms with van der Waals surface area (Å²) in [5.74, 6) is -0.524. The standard InChI is InChI=1S/C11H13ClN2O2S/c1-11(2,3)16-10(15)9-8(12)6(4-13)7(5-14)17-9/h5,14H2,1-3H3. The van der Waals surface area contributed by atoms with Gasteiger partial charge in [0.05, 0.1) is 10.6 Å². The van der Waals surface area contributed by atoms with E-state index in [-0.39, 0.29) is 22.0 Å². The number of nitriles is 1. The highest BCUT2D eigenvalue weighted by molar-refractivity contribution is 7.14. The second kappa shape index (κ2) is 5.05. The summed E-state index contributed by atoms with van der Waals surface area (Å²) in [6.07, 6.45) is 0. The molecular weight excluding hydrogens is 260 g/mol. The maximum absolute atomic E-state index is 11.8. The smallest absolute Gasteiger partial charge is 0.350 e. The van der Waals surface area contributed by atoms with Crippen LogP contribution in [0.1, 0.15) is 40.9 Å². The lowest BCUT2D eigenvalue weighted by molar-refractivity contribution is 0.00754. The first-order valence-corrected chi connectivity index (χ1v) is 6.14. The van der Waals surface area contributed by atoms with Crippen molar-refractivity contribution in [2.45, 2.75) is 32.9 Å². The molecule has 0 saturated carbocycles. The van der Waals surface area contributed by atoms with Crippen molar-refractivity contribution in [2.75, 3.05) is 0 Å². The van der Waals surface area contributed by atoms with Gasteiger partial charge in [0.2, 0.25) is 0 Å². The molecule has 0 aromatic carbocycles. The fourth-order valence-corrected chi connectivity index (χ4v) is 2.47. The van der Waals surface area contributed by atoms with Crippen LogP contribution < -0.4 is 5.73 Å². The highest BCUT2D eigenvalue weighted by atomic mass is 35.5. The van der Waals surface area contributed by atoms with E-state index in [4.69, 9.17) is 27.3 Å². The molecule has 1 aromatic rings. The minimum atomic E-state index is -0.597. The summed E-state index contributed by atoms with van der Waals surface area (Å²) in [7, 11) is 0. The summed E-state index contributed by atoms with van der Waals surface area (Å²) in [6.45, 7) is 5.47. The highest BCUT2D eigenvalue weighted by Crippen LogP contribution is 2.33. The van der Waals surface area contributed by atoms with Crippen molar-refractivity contribution in [2.24, 2.45) is 5.73 Å². The number of nitrogens with two attached hydrogens (primary N) is 1. The van der Waals surface area contributed by atoms with Crippen LogP contribution in [0.2, 0.25) is 5.02 Å². The molecule has 0 fully saturated rings. The molecule has 0 aliphatic heterocycles. The molecule has 92 valence electrons. The molecule has 2 N–H and O–H groups in total. The molecule has 0 saturated heterocycles. The fraction of sp³-hybridized carbons (Fsp3) is 0.455. The van der Waals surface area contributed by atoms with E-state index in [1.54, 1.807) is 20.8 Å². The molecule has 0 spiro atoms. The Kier molecular flexibility index (Phi) is 4.15. The quantitative estimate of drug-likeness (QED) is 0.840. The molecule has 1 heterocycles. The number of rotatable bonds is 2. The molecule has 1 rings (SSSR count). The van der Waals surface area contributed by atoms with Crippen LogP contribution in [0.5, 0.6) is 0 Å². The zero-order valence-electron chi connectivity index (χ0n) is 9.83. The number of hydrogen-bond acceptors (Lipinski definition) is 5. The average Bonchev–Trinajstić information content (AvgIpc) is 2.52. The van der Waals surface area contributed by atoms with Crippen LogP contribution in [-0.2, 0) is 11.3 Å². The first kappa shape index (κ1) is 14.0. The van der Waals surface area contributed by atoms with Crippen LogP contribution in [-0.4, -0.2) is 11.6 Å². The van der Waals surface area contributed by atoms with Crippen LogP contribution in [0.4, 0.5) is 0 Å². The highest BCUT2D eigenvalue weighted by Gasteiger charge is 2.25. The summed E-state index contributed by atoms with van der Waals surface area (Å²) < 4.78 is 5.20. The van der Waals surface area contributed by atoms with Gasteiger partial charge in [0, 0.05) is 11.4 Å². The van der Waals surface area contributed by atoms with Crippen LogP contribution >= 0.6 is 22.9 Å². The van der Waals surface area contributed by atoms with Gasteiger partial charge in [-0.1, -0.05) is 11.6 Å². The van der Waals surface area contributed by atoms with Crippen molar-refractivity contribution in [1.29, 1.82) is 5.26 Å². The number of carbonyl (C=O) groups excluding carboxylic acids is 1. The van der Waals surface area contributed by atoms with Gasteiger partial charge in [-0.05, 0) is 20.8 Å². The van der Waals surface area contributed by atoms with Crippen molar-refractivity contribution in [3.05, 3.63) is 20.3 Å². The lowest BCUT2D eigenvalue weighted by atomic mass is 10.2. The van der Waals surface area contributed by atoms with Gasteiger partial charge in [0.25, 0.3) is 0 Å². The topological polar surface area (TPSA) is 76.1 Å². The molecule has 6 heteroatoms. The molecule has 1 aromatic heterocycles. The SMILES string of the molecule is CC(C)(C)OC(=O)c1sc(CN)c(C#N)c1Cl. The van der Waals surface area contributed by atoms with E-state index < -0.39 is 11.6 Å². The number of ether oxygens (including phenoxy) is 1. The molecule has 0 atom stereocenters. The lowest BCUT2D eigenvalue weighted by Crippen LogP contribution is -2.23. The van der Waals surface area contributed by atoms with Crippen molar-refractivity contribution in [1.82, 2.24) is 0 Å². The molecule has 17 heavy (non-hydrogen) atoms. The molecular formula is C11H13ClN2O2S. The number of halogens is 1. The van der Waals surface area contributed by atoms with E-state index >= 15 is 0 Å². The molecule has 0 amide bonds. The van der Waals surface area contributed by atoms with Crippen LogP contribution in [0.25, 0.3) is 0 Å². The van der Waals surface area contributed by atoms with E-state index in [1.165, 1.54) is 0 Å². The largest absolute Gasteiger partial charge is 0.456 e. The second-order valence-corrected chi connectivity index (χ2v) is 5.84. The van der Waals surface area contributed by atoms with Crippen LogP contribution in [0.15, 0.2) is 0 Å². The summed E-state index contributed by atoms with van der Waals surface area (Å²) in [6, 6.07) is 1.94. The van der Waals surface area contributed by atoms with Gasteiger partial charge in [0.1, 0.15) is 16.5 Å². The Hall–Kier alpha value is -1.09. The Morgan fingerprint density at radius 1 is 1.59 bits per heavy atom. The molecule has 0 radical (unpaired) electrons. The van der Waals surface area contributed by atoms with Crippen molar-refractivity contribution in [3.8, 4) is 6.07 Å². The average molecular weight is 273 g/mol. The summed E-state index contributed by atoms with van der Waals surface area (Å²) in [4.78, 5) is 12.7. The maximum Gasteiger partial charge on any atom is 0.350 e. The number of nitrogens with zero attached hydrogens (tertiary/aromatic N) is 1. The predicted molar refractivity (Wildman–Crippen MR) is 67.1 cm³/mol. The zero-order valence-corrected chi connectivity index (χ0v) is 11.4. The third-order valence-corrected chi connectivity index (χ3v) is 3.49. The van der Waals surface area contributed by atoms with Gasteiger partial charge in [-0.15, -0.1) is 11.3 Å². The lowest BCUT2D eigenvalue weighted by Gasteiger charge is -2.18. The summed E-state index contributed by atoms with van der Waals surface area (Å²) >= 11 is 7.07. The van der Waals surface area contributed by atoms with Crippen molar-refractivity contribution >= 4 is 28.9 Å². The van der Waals surface area contributed by atoms with Crippen LogP contribution in [0, 0.1) is 11.3 Å². The molecule has 0 bridgehead atoms. The van der Waals surface area contributed by atoms with Gasteiger partial charge in [-0.25, -0.2) is 4.79 Å².